The molecule has 0 spiro atoms. The number of hydrogen-bond donors (Lipinski definition) is 1. The molecule has 1 amide bonds. The number of hydrogen-bond acceptors (Lipinski definition) is 3. The molecular weight excluding hydrogens is 228 g/mol. The van der Waals surface area contributed by atoms with Crippen molar-refractivity contribution in [2.75, 3.05) is 10.8 Å². The van der Waals surface area contributed by atoms with Crippen LogP contribution in [0.25, 0.3) is 0 Å². The first-order valence-corrected chi connectivity index (χ1v) is 5.66. The van der Waals surface area contributed by atoms with Gasteiger partial charge in [-0.15, -0.1) is 0 Å². The monoisotopic (exact) mass is 240 g/mol. The van der Waals surface area contributed by atoms with Gasteiger partial charge in [-0.05, 0) is 29.8 Å². The van der Waals surface area contributed by atoms with Crippen molar-refractivity contribution >= 4 is 17.3 Å². The number of fused-ring (bicyclic) bond motifs is 1. The van der Waals surface area contributed by atoms with Crippen LogP contribution in [-0.2, 0) is 11.4 Å². The van der Waals surface area contributed by atoms with Crippen molar-refractivity contribution in [2.45, 2.75) is 6.61 Å². The number of nitrogens with zero attached hydrogens (tertiary/aromatic N) is 1. The minimum Gasteiger partial charge on any atom is -0.399 e. The van der Waals surface area contributed by atoms with Crippen LogP contribution in [0, 0.1) is 0 Å². The Morgan fingerprint density at radius 2 is 1.94 bits per heavy atom. The van der Waals surface area contributed by atoms with Crippen LogP contribution in [0.2, 0.25) is 0 Å². The molecular formula is C14H12N2O2. The Morgan fingerprint density at radius 3 is 2.78 bits per heavy atom. The van der Waals surface area contributed by atoms with Crippen LogP contribution in [0.15, 0.2) is 48.5 Å². The van der Waals surface area contributed by atoms with Crippen LogP contribution >= 0.6 is 0 Å². The molecule has 0 aliphatic carbocycles. The topological polar surface area (TPSA) is 55.6 Å². The largest absolute Gasteiger partial charge is 0.399 e. The van der Waals surface area contributed by atoms with Crippen molar-refractivity contribution in [3.8, 4) is 0 Å². The molecule has 0 saturated carbocycles. The van der Waals surface area contributed by atoms with Gasteiger partial charge in [0.25, 0.3) is 5.91 Å². The van der Waals surface area contributed by atoms with E-state index < -0.39 is 0 Å². The van der Waals surface area contributed by atoms with E-state index in [-0.39, 0.29) is 5.91 Å². The molecule has 18 heavy (non-hydrogen) atoms. The molecule has 0 atom stereocenters. The summed E-state index contributed by atoms with van der Waals surface area (Å²) in [5.41, 5.74) is 8.54. The highest BCUT2D eigenvalue weighted by Crippen LogP contribution is 2.26. The van der Waals surface area contributed by atoms with Crippen molar-refractivity contribution in [3.63, 3.8) is 0 Å². The van der Waals surface area contributed by atoms with Gasteiger partial charge >= 0.3 is 0 Å². The van der Waals surface area contributed by atoms with E-state index in [1.165, 1.54) is 5.06 Å². The van der Waals surface area contributed by atoms with Gasteiger partial charge in [-0.25, -0.2) is 0 Å². The van der Waals surface area contributed by atoms with Gasteiger partial charge in [0.1, 0.15) is 6.61 Å². The quantitative estimate of drug-likeness (QED) is 0.778. The molecule has 0 unspecified atom stereocenters. The van der Waals surface area contributed by atoms with Gasteiger partial charge in [0.15, 0.2) is 0 Å². The fourth-order valence-electron chi connectivity index (χ4n) is 2.00. The average Bonchev–Trinajstić information content (AvgIpc) is 2.39. The lowest BCUT2D eigenvalue weighted by atomic mass is 10.1. The second-order valence-corrected chi connectivity index (χ2v) is 4.13. The van der Waals surface area contributed by atoms with Gasteiger partial charge in [-0.3, -0.25) is 9.63 Å². The molecule has 2 aromatic carbocycles. The highest BCUT2D eigenvalue weighted by Gasteiger charge is 2.26. The van der Waals surface area contributed by atoms with Crippen LogP contribution in [0.5, 0.6) is 0 Å². The third kappa shape index (κ3) is 1.72. The van der Waals surface area contributed by atoms with Gasteiger partial charge in [0.05, 0.1) is 5.69 Å². The summed E-state index contributed by atoms with van der Waals surface area (Å²) in [7, 11) is 0. The van der Waals surface area contributed by atoms with Gasteiger partial charge in [0, 0.05) is 11.3 Å². The lowest BCUT2D eigenvalue weighted by molar-refractivity contribution is 0.0530. The number of rotatable bonds is 1. The zero-order valence-corrected chi connectivity index (χ0v) is 9.67. The average molecular weight is 240 g/mol. The molecule has 4 nitrogen and oxygen atoms in total. The fraction of sp³-hybridized carbons (Fsp3) is 0.0714. The zero-order valence-electron chi connectivity index (χ0n) is 9.67. The lowest BCUT2D eigenvalue weighted by Gasteiger charge is -2.27. The summed E-state index contributed by atoms with van der Waals surface area (Å²) < 4.78 is 0. The summed E-state index contributed by atoms with van der Waals surface area (Å²) in [6, 6.07) is 14.5. The summed E-state index contributed by atoms with van der Waals surface area (Å²) in [6.07, 6.45) is 0. The van der Waals surface area contributed by atoms with Crippen LogP contribution in [-0.4, -0.2) is 5.91 Å². The van der Waals surface area contributed by atoms with Gasteiger partial charge in [-0.2, -0.15) is 5.06 Å². The highest BCUT2D eigenvalue weighted by atomic mass is 16.7. The SMILES string of the molecule is Nc1cccc(N2OCc3ccccc3C2=O)c1. The third-order valence-corrected chi connectivity index (χ3v) is 2.89. The maximum Gasteiger partial charge on any atom is 0.282 e. The van der Waals surface area contributed by atoms with E-state index in [2.05, 4.69) is 0 Å². The molecule has 2 aromatic rings. The molecule has 1 aliphatic heterocycles. The Labute approximate surface area is 105 Å². The number of hydroxylamine groups is 1. The molecule has 0 aromatic heterocycles. The van der Waals surface area contributed by atoms with Crippen molar-refractivity contribution in [1.29, 1.82) is 0 Å². The number of anilines is 2. The van der Waals surface area contributed by atoms with E-state index in [0.717, 1.165) is 5.56 Å². The Bertz CT molecular complexity index is 610. The number of nitrogen functional groups attached to an aromatic ring is 1. The number of benzene rings is 2. The van der Waals surface area contributed by atoms with Gasteiger partial charge < -0.3 is 5.73 Å². The Balaban J connectivity index is 2.00. The van der Waals surface area contributed by atoms with Crippen LogP contribution in [0.3, 0.4) is 0 Å². The molecule has 90 valence electrons. The Kier molecular flexibility index (Phi) is 2.50. The zero-order chi connectivity index (χ0) is 12.5. The van der Waals surface area contributed by atoms with E-state index in [0.29, 0.717) is 23.5 Å². The molecule has 2 N–H and O–H groups in total. The maximum absolute atomic E-state index is 12.3. The van der Waals surface area contributed by atoms with Crippen molar-refractivity contribution < 1.29 is 9.63 Å². The summed E-state index contributed by atoms with van der Waals surface area (Å²) in [4.78, 5) is 17.8. The first-order valence-electron chi connectivity index (χ1n) is 5.66. The lowest BCUT2D eigenvalue weighted by Crippen LogP contribution is -2.35. The van der Waals surface area contributed by atoms with Crippen molar-refractivity contribution in [1.82, 2.24) is 0 Å². The van der Waals surface area contributed by atoms with E-state index in [1.54, 1.807) is 30.3 Å². The molecule has 0 fully saturated rings. The van der Waals surface area contributed by atoms with E-state index >= 15 is 0 Å². The number of carbonyl (C=O) groups is 1. The second-order valence-electron chi connectivity index (χ2n) is 4.13. The highest BCUT2D eigenvalue weighted by molar-refractivity contribution is 6.06. The molecule has 1 heterocycles. The van der Waals surface area contributed by atoms with Gasteiger partial charge in [-0.1, -0.05) is 24.3 Å². The Morgan fingerprint density at radius 1 is 1.11 bits per heavy atom. The smallest absolute Gasteiger partial charge is 0.282 e. The molecule has 3 rings (SSSR count). The number of nitrogens with two attached hydrogens (primary N) is 1. The molecule has 4 heteroatoms. The normalized spacial score (nSPS) is 14.4. The van der Waals surface area contributed by atoms with Crippen LogP contribution < -0.4 is 10.8 Å². The van der Waals surface area contributed by atoms with Crippen LogP contribution in [0.4, 0.5) is 11.4 Å². The summed E-state index contributed by atoms with van der Waals surface area (Å²) in [5, 5.41) is 1.29. The van der Waals surface area contributed by atoms with Gasteiger partial charge in [0.2, 0.25) is 0 Å². The van der Waals surface area contributed by atoms with Crippen LogP contribution in [0.1, 0.15) is 15.9 Å². The van der Waals surface area contributed by atoms with E-state index in [4.69, 9.17) is 10.6 Å². The fourth-order valence-corrected chi connectivity index (χ4v) is 2.00. The van der Waals surface area contributed by atoms with E-state index in [9.17, 15) is 4.79 Å². The predicted molar refractivity (Wildman–Crippen MR) is 68.9 cm³/mol. The summed E-state index contributed by atoms with van der Waals surface area (Å²) in [6.45, 7) is 0.386. The summed E-state index contributed by atoms with van der Waals surface area (Å²) in [5.74, 6) is -0.164. The molecule has 0 saturated heterocycles. The maximum atomic E-state index is 12.3. The molecule has 0 radical (unpaired) electrons. The van der Waals surface area contributed by atoms with Crippen molar-refractivity contribution in [2.24, 2.45) is 0 Å². The number of carbonyl (C=O) groups excluding carboxylic acids is 1. The first kappa shape index (κ1) is 10.8. The third-order valence-electron chi connectivity index (χ3n) is 2.89. The van der Waals surface area contributed by atoms with E-state index in [1.807, 2.05) is 18.2 Å². The standard InChI is InChI=1S/C14H12N2O2/c15-11-5-3-6-12(8-11)16-14(17)13-7-2-1-4-10(13)9-18-16/h1-8H,9,15H2. The predicted octanol–water partition coefficient (Wildman–Crippen LogP) is 2.36. The molecule has 0 bridgehead atoms. The summed E-state index contributed by atoms with van der Waals surface area (Å²) >= 11 is 0. The molecule has 1 aliphatic rings. The second kappa shape index (κ2) is 4.16. The number of amides is 1. The Hall–Kier alpha value is -2.33. The minimum atomic E-state index is -0.164. The minimum absolute atomic E-state index is 0.164. The first-order chi connectivity index (χ1) is 8.75. The van der Waals surface area contributed by atoms with Crippen molar-refractivity contribution in [3.05, 3.63) is 59.7 Å².